The van der Waals surface area contributed by atoms with E-state index in [1.165, 1.54) is 16.8 Å². The van der Waals surface area contributed by atoms with E-state index in [9.17, 15) is 9.90 Å². The number of allylic oxidation sites excluding steroid dienone is 1. The first-order valence-electron chi connectivity index (χ1n) is 14.8. The van der Waals surface area contributed by atoms with Crippen molar-refractivity contribution in [1.29, 1.82) is 0 Å². The summed E-state index contributed by atoms with van der Waals surface area (Å²) in [6.07, 6.45) is 9.67. The van der Waals surface area contributed by atoms with E-state index in [0.717, 1.165) is 44.5 Å². The van der Waals surface area contributed by atoms with Gasteiger partial charge in [0.15, 0.2) is 0 Å². The van der Waals surface area contributed by atoms with Gasteiger partial charge in [0.2, 0.25) is 5.95 Å². The number of hydrogen-bond acceptors (Lipinski definition) is 7. The Morgan fingerprint density at radius 3 is 2.48 bits per heavy atom. The van der Waals surface area contributed by atoms with E-state index in [-0.39, 0.29) is 24.2 Å². The number of aliphatic hydroxyl groups excluding tert-OH is 1. The number of benzene rings is 1. The summed E-state index contributed by atoms with van der Waals surface area (Å²) in [4.78, 5) is 26.0. The van der Waals surface area contributed by atoms with Crippen molar-refractivity contribution < 1.29 is 14.6 Å². The topological polar surface area (TPSA) is 90.8 Å². The predicted octanol–water partition coefficient (Wildman–Crippen LogP) is 6.01. The Labute approximate surface area is 239 Å². The number of aryl methyl sites for hydroxylation is 1. The Kier molecular flexibility index (Phi) is 9.72. The summed E-state index contributed by atoms with van der Waals surface area (Å²) in [6.45, 7) is 15.0. The highest BCUT2D eigenvalue weighted by Crippen LogP contribution is 2.30. The van der Waals surface area contributed by atoms with Gasteiger partial charge in [0.25, 0.3) is 0 Å². The molecule has 8 nitrogen and oxygen atoms in total. The molecule has 218 valence electrons. The Morgan fingerprint density at radius 2 is 1.80 bits per heavy atom. The van der Waals surface area contributed by atoms with Gasteiger partial charge in [-0.25, -0.2) is 14.8 Å². The molecule has 0 spiro atoms. The minimum absolute atomic E-state index is 0.111. The molecule has 2 aromatic rings. The van der Waals surface area contributed by atoms with Crippen LogP contribution in [0.2, 0.25) is 0 Å². The SMILES string of the molecule is Cc1cccc(N2CCN(C(=O)OC(C)(C)C)CC2)c1C=CC(C)c1ccnc(NC(C)C2CCC(O)CC2)n1. The Balaban J connectivity index is 1.40. The molecule has 8 heteroatoms. The van der Waals surface area contributed by atoms with Crippen LogP contribution in [0, 0.1) is 12.8 Å². The average Bonchev–Trinajstić information content (AvgIpc) is 2.91. The van der Waals surface area contributed by atoms with Crippen molar-refractivity contribution in [3.8, 4) is 0 Å². The lowest BCUT2D eigenvalue weighted by Gasteiger charge is -2.37. The van der Waals surface area contributed by atoms with Crippen LogP contribution in [0.4, 0.5) is 16.4 Å². The summed E-state index contributed by atoms with van der Waals surface area (Å²) in [5, 5.41) is 13.3. The second-order valence-electron chi connectivity index (χ2n) is 12.4. The van der Waals surface area contributed by atoms with Gasteiger partial charge in [-0.15, -0.1) is 0 Å². The molecule has 2 aliphatic rings. The van der Waals surface area contributed by atoms with E-state index >= 15 is 0 Å². The van der Waals surface area contributed by atoms with Gasteiger partial charge in [0, 0.05) is 55.6 Å². The highest BCUT2D eigenvalue weighted by Gasteiger charge is 2.27. The van der Waals surface area contributed by atoms with Gasteiger partial charge >= 0.3 is 6.09 Å². The fourth-order valence-electron chi connectivity index (χ4n) is 5.57. The summed E-state index contributed by atoms with van der Waals surface area (Å²) >= 11 is 0. The number of piperazine rings is 1. The number of ether oxygens (including phenoxy) is 1. The van der Waals surface area contributed by atoms with Crippen LogP contribution < -0.4 is 10.2 Å². The molecule has 4 rings (SSSR count). The van der Waals surface area contributed by atoms with E-state index < -0.39 is 5.60 Å². The molecule has 2 unspecified atom stereocenters. The number of anilines is 2. The molecule has 2 heterocycles. The largest absolute Gasteiger partial charge is 0.444 e. The number of hydrogen-bond donors (Lipinski definition) is 2. The Bertz CT molecular complexity index is 1160. The number of aliphatic hydroxyl groups is 1. The summed E-state index contributed by atoms with van der Waals surface area (Å²) in [5.41, 5.74) is 4.08. The maximum atomic E-state index is 12.5. The number of rotatable bonds is 7. The van der Waals surface area contributed by atoms with Crippen molar-refractivity contribution in [2.75, 3.05) is 36.4 Å². The fourth-order valence-corrected chi connectivity index (χ4v) is 5.57. The summed E-state index contributed by atoms with van der Waals surface area (Å²) in [6, 6.07) is 8.65. The van der Waals surface area contributed by atoms with Gasteiger partial charge in [-0.1, -0.05) is 31.2 Å². The molecule has 2 N–H and O–H groups in total. The minimum Gasteiger partial charge on any atom is -0.444 e. The number of amides is 1. The van der Waals surface area contributed by atoms with E-state index in [1.807, 2.05) is 33.0 Å². The van der Waals surface area contributed by atoms with Gasteiger partial charge in [0.1, 0.15) is 5.60 Å². The van der Waals surface area contributed by atoms with Gasteiger partial charge in [-0.3, -0.25) is 0 Å². The average molecular weight is 550 g/mol. The summed E-state index contributed by atoms with van der Waals surface area (Å²) in [7, 11) is 0. The van der Waals surface area contributed by atoms with Gasteiger partial charge in [0.05, 0.1) is 11.8 Å². The molecular formula is C32H47N5O3. The van der Waals surface area contributed by atoms with Gasteiger partial charge < -0.3 is 25.0 Å². The lowest BCUT2D eigenvalue weighted by molar-refractivity contribution is 0.0240. The van der Waals surface area contributed by atoms with Crippen LogP contribution in [-0.4, -0.2) is 70.0 Å². The second kappa shape index (κ2) is 13.0. The first-order valence-corrected chi connectivity index (χ1v) is 14.8. The van der Waals surface area contributed by atoms with Crippen molar-refractivity contribution in [1.82, 2.24) is 14.9 Å². The third-order valence-electron chi connectivity index (χ3n) is 8.07. The number of carbonyl (C=O) groups is 1. The molecule has 1 saturated carbocycles. The maximum Gasteiger partial charge on any atom is 0.410 e. The first-order chi connectivity index (χ1) is 19.0. The Morgan fingerprint density at radius 1 is 1.10 bits per heavy atom. The highest BCUT2D eigenvalue weighted by molar-refractivity contribution is 5.72. The van der Waals surface area contributed by atoms with Crippen molar-refractivity contribution in [3.05, 3.63) is 53.4 Å². The first kappa shape index (κ1) is 29.8. The number of carbonyl (C=O) groups excluding carboxylic acids is 1. The van der Waals surface area contributed by atoms with E-state index in [0.29, 0.717) is 25.0 Å². The summed E-state index contributed by atoms with van der Waals surface area (Å²) < 4.78 is 5.57. The normalized spacial score (nSPS) is 21.8. The zero-order chi connectivity index (χ0) is 28.9. The van der Waals surface area contributed by atoms with Crippen LogP contribution in [-0.2, 0) is 4.74 Å². The lowest BCUT2D eigenvalue weighted by atomic mass is 9.83. The monoisotopic (exact) mass is 549 g/mol. The van der Waals surface area contributed by atoms with Gasteiger partial charge in [-0.05, 0) is 83.9 Å². The van der Waals surface area contributed by atoms with E-state index in [1.54, 1.807) is 4.90 Å². The Hall–Kier alpha value is -3.13. The molecule has 2 fully saturated rings. The fraction of sp³-hybridized carbons (Fsp3) is 0.594. The number of aromatic nitrogens is 2. The molecule has 1 aromatic carbocycles. The number of nitrogens with one attached hydrogen (secondary N) is 1. The number of nitrogens with zero attached hydrogens (tertiary/aromatic N) is 4. The van der Waals surface area contributed by atoms with Crippen molar-refractivity contribution in [3.63, 3.8) is 0 Å². The summed E-state index contributed by atoms with van der Waals surface area (Å²) in [5.74, 6) is 1.30. The van der Waals surface area contributed by atoms with Crippen molar-refractivity contribution in [2.45, 2.75) is 90.9 Å². The third kappa shape index (κ3) is 7.96. The second-order valence-corrected chi connectivity index (χ2v) is 12.4. The molecule has 0 radical (unpaired) electrons. The highest BCUT2D eigenvalue weighted by atomic mass is 16.6. The maximum absolute atomic E-state index is 12.5. The molecular weight excluding hydrogens is 502 g/mol. The molecule has 1 aliphatic heterocycles. The molecule has 1 amide bonds. The zero-order valence-corrected chi connectivity index (χ0v) is 25.1. The third-order valence-corrected chi connectivity index (χ3v) is 8.07. The van der Waals surface area contributed by atoms with Crippen molar-refractivity contribution >= 4 is 23.8 Å². The molecule has 1 saturated heterocycles. The van der Waals surface area contributed by atoms with Crippen LogP contribution in [0.1, 0.15) is 83.0 Å². The van der Waals surface area contributed by atoms with Crippen molar-refractivity contribution in [2.24, 2.45) is 5.92 Å². The molecule has 1 aliphatic carbocycles. The van der Waals surface area contributed by atoms with Crippen LogP contribution in [0.15, 0.2) is 36.5 Å². The van der Waals surface area contributed by atoms with E-state index in [4.69, 9.17) is 9.72 Å². The minimum atomic E-state index is -0.488. The molecule has 2 atom stereocenters. The van der Waals surface area contributed by atoms with Crippen LogP contribution in [0.3, 0.4) is 0 Å². The van der Waals surface area contributed by atoms with Crippen LogP contribution in [0.25, 0.3) is 6.08 Å². The molecule has 0 bridgehead atoms. The predicted molar refractivity (Wildman–Crippen MR) is 162 cm³/mol. The molecule has 40 heavy (non-hydrogen) atoms. The van der Waals surface area contributed by atoms with E-state index in [2.05, 4.69) is 66.3 Å². The zero-order valence-electron chi connectivity index (χ0n) is 25.1. The van der Waals surface area contributed by atoms with Gasteiger partial charge in [-0.2, -0.15) is 0 Å². The van der Waals surface area contributed by atoms with Crippen LogP contribution in [0.5, 0.6) is 0 Å². The smallest absolute Gasteiger partial charge is 0.410 e. The standard InChI is InChI=1S/C32H47N5O3/c1-22-8-7-9-29(36-18-20-37(21-19-36)31(39)40-32(4,5)6)27(22)15-10-23(2)28-16-17-33-30(35-28)34-24(3)25-11-13-26(38)14-12-25/h7-10,15-17,23-26,38H,11-14,18-21H2,1-6H3,(H,33,34,35). The lowest BCUT2D eigenvalue weighted by Crippen LogP contribution is -2.50. The molecule has 1 aromatic heterocycles. The quantitative estimate of drug-likeness (QED) is 0.437. The van der Waals surface area contributed by atoms with Crippen LogP contribution >= 0.6 is 0 Å².